The van der Waals surface area contributed by atoms with Crippen LogP contribution in [0, 0.1) is 0 Å². The number of aryl methyl sites for hydroxylation is 1. The van der Waals surface area contributed by atoms with E-state index in [4.69, 9.17) is 4.74 Å². The molecule has 1 aliphatic heterocycles. The first-order chi connectivity index (χ1) is 13.7. The monoisotopic (exact) mass is 377 g/mol. The maximum Gasteiger partial charge on any atom is 0.294 e. The summed E-state index contributed by atoms with van der Waals surface area (Å²) in [4.78, 5) is 23.3. The number of hydrogen-bond donors (Lipinski definition) is 0. The number of amides is 1. The van der Waals surface area contributed by atoms with Gasteiger partial charge >= 0.3 is 0 Å². The average Bonchev–Trinajstić information content (AvgIpc) is 3.19. The van der Waals surface area contributed by atoms with E-state index in [9.17, 15) is 4.79 Å². The van der Waals surface area contributed by atoms with Gasteiger partial charge in [-0.05, 0) is 47.7 Å². The number of rotatable bonds is 5. The van der Waals surface area contributed by atoms with Crippen LogP contribution in [0.15, 0.2) is 55.1 Å². The second kappa shape index (κ2) is 8.31. The van der Waals surface area contributed by atoms with Crippen LogP contribution in [0.1, 0.15) is 29.0 Å². The predicted molar refractivity (Wildman–Crippen MR) is 104 cm³/mol. The third-order valence-corrected chi connectivity index (χ3v) is 4.98. The van der Waals surface area contributed by atoms with Crippen molar-refractivity contribution in [1.29, 1.82) is 0 Å². The van der Waals surface area contributed by atoms with Gasteiger partial charge in [-0.1, -0.05) is 18.2 Å². The molecule has 0 radical (unpaired) electrons. The highest BCUT2D eigenvalue weighted by atomic mass is 16.5. The van der Waals surface area contributed by atoms with E-state index in [0.29, 0.717) is 19.8 Å². The molecule has 2 aromatic heterocycles. The molecule has 3 heterocycles. The van der Waals surface area contributed by atoms with Gasteiger partial charge in [0.1, 0.15) is 6.33 Å². The lowest BCUT2D eigenvalue weighted by Crippen LogP contribution is -2.43. The van der Waals surface area contributed by atoms with Crippen molar-refractivity contribution in [3.63, 3.8) is 0 Å². The fourth-order valence-electron chi connectivity index (χ4n) is 3.52. The number of carbonyl (C=O) groups excluding carboxylic acids is 1. The van der Waals surface area contributed by atoms with Crippen molar-refractivity contribution in [3.05, 3.63) is 66.5 Å². The fraction of sp³-hybridized carbons (Fsp3) is 0.333. The lowest BCUT2D eigenvalue weighted by Gasteiger charge is -2.33. The molecule has 0 N–H and O–H groups in total. The second-order valence-corrected chi connectivity index (χ2v) is 6.95. The smallest absolute Gasteiger partial charge is 0.294 e. The first-order valence-electron chi connectivity index (χ1n) is 9.44. The van der Waals surface area contributed by atoms with Gasteiger partial charge in [0, 0.05) is 45.2 Å². The highest BCUT2D eigenvalue weighted by molar-refractivity contribution is 5.90. The number of carbonyl (C=O) groups is 1. The van der Waals surface area contributed by atoms with Crippen molar-refractivity contribution in [1.82, 2.24) is 24.6 Å². The van der Waals surface area contributed by atoms with Crippen LogP contribution in [0.25, 0.3) is 11.1 Å². The highest BCUT2D eigenvalue weighted by Crippen LogP contribution is 2.23. The largest absolute Gasteiger partial charge is 0.381 e. The molecule has 1 aromatic carbocycles. The molecule has 3 aromatic rings. The van der Waals surface area contributed by atoms with Gasteiger partial charge in [0.25, 0.3) is 5.91 Å². The molecule has 0 spiro atoms. The lowest BCUT2D eigenvalue weighted by atomic mass is 10.0. The first kappa shape index (κ1) is 18.3. The Morgan fingerprint density at radius 3 is 2.68 bits per heavy atom. The molecule has 1 saturated heterocycles. The van der Waals surface area contributed by atoms with Crippen LogP contribution >= 0.6 is 0 Å². The molecule has 7 nitrogen and oxygen atoms in total. The molecule has 0 atom stereocenters. The van der Waals surface area contributed by atoms with Gasteiger partial charge in [0.2, 0.25) is 5.82 Å². The summed E-state index contributed by atoms with van der Waals surface area (Å²) in [6, 6.07) is 12.4. The molecule has 1 fully saturated rings. The lowest BCUT2D eigenvalue weighted by molar-refractivity contribution is 0.0260. The van der Waals surface area contributed by atoms with E-state index < -0.39 is 0 Å². The summed E-state index contributed by atoms with van der Waals surface area (Å²) in [5, 5.41) is 4.21. The van der Waals surface area contributed by atoms with Crippen molar-refractivity contribution in [2.45, 2.75) is 25.4 Å². The topological polar surface area (TPSA) is 73.1 Å². The molecule has 4 rings (SSSR count). The summed E-state index contributed by atoms with van der Waals surface area (Å²) in [5.41, 5.74) is 3.28. The van der Waals surface area contributed by atoms with Crippen LogP contribution in [0.4, 0.5) is 0 Å². The third kappa shape index (κ3) is 4.09. The van der Waals surface area contributed by atoms with Crippen LogP contribution in [0.2, 0.25) is 0 Å². The minimum absolute atomic E-state index is 0.120. The van der Waals surface area contributed by atoms with Crippen molar-refractivity contribution >= 4 is 5.91 Å². The summed E-state index contributed by atoms with van der Waals surface area (Å²) in [5.74, 6) is 0.0982. The number of hydrogen-bond acceptors (Lipinski definition) is 5. The number of pyridine rings is 1. The maximum atomic E-state index is 13.2. The van der Waals surface area contributed by atoms with Crippen LogP contribution in [-0.2, 0) is 18.3 Å². The van der Waals surface area contributed by atoms with Gasteiger partial charge in [-0.2, -0.15) is 0 Å². The first-order valence-corrected chi connectivity index (χ1v) is 9.44. The zero-order valence-electron chi connectivity index (χ0n) is 15.9. The normalized spacial score (nSPS) is 14.8. The predicted octanol–water partition coefficient (Wildman–Crippen LogP) is 2.70. The summed E-state index contributed by atoms with van der Waals surface area (Å²) >= 11 is 0. The standard InChI is InChI=1S/C21H23N5O2/c1-25-15-23-20(24-25)21(27)26(19-7-11-28-12-8-19)14-16-3-2-4-18(13-16)17-5-9-22-10-6-17/h2-6,9-10,13,15,19H,7-8,11-12,14H2,1H3. The van der Waals surface area contributed by atoms with E-state index >= 15 is 0 Å². The molecule has 1 aliphatic rings. The fourth-order valence-corrected chi connectivity index (χ4v) is 3.52. The van der Waals surface area contributed by atoms with Gasteiger partial charge in [0.15, 0.2) is 0 Å². The zero-order chi connectivity index (χ0) is 19.3. The van der Waals surface area contributed by atoms with Crippen LogP contribution in [0.3, 0.4) is 0 Å². The van der Waals surface area contributed by atoms with Gasteiger partial charge in [0.05, 0.1) is 0 Å². The Morgan fingerprint density at radius 2 is 1.96 bits per heavy atom. The van der Waals surface area contributed by atoms with Crippen molar-refractivity contribution in [2.75, 3.05) is 13.2 Å². The van der Waals surface area contributed by atoms with E-state index in [-0.39, 0.29) is 17.8 Å². The Bertz CT molecular complexity index is 935. The van der Waals surface area contributed by atoms with Crippen molar-refractivity contribution < 1.29 is 9.53 Å². The van der Waals surface area contributed by atoms with E-state index in [1.54, 1.807) is 30.5 Å². The van der Waals surface area contributed by atoms with Crippen LogP contribution in [0.5, 0.6) is 0 Å². The third-order valence-electron chi connectivity index (χ3n) is 4.98. The number of benzene rings is 1. The average molecular weight is 377 g/mol. The van der Waals surface area contributed by atoms with Crippen molar-refractivity contribution in [3.8, 4) is 11.1 Å². The summed E-state index contributed by atoms with van der Waals surface area (Å²) in [6.07, 6.45) is 6.77. The number of ether oxygens (including phenoxy) is 1. The Morgan fingerprint density at radius 1 is 1.18 bits per heavy atom. The molecule has 0 aliphatic carbocycles. The van der Waals surface area contributed by atoms with E-state index in [1.165, 1.54) is 0 Å². The van der Waals surface area contributed by atoms with E-state index in [1.807, 2.05) is 23.1 Å². The summed E-state index contributed by atoms with van der Waals surface area (Å²) in [6.45, 7) is 1.85. The molecule has 0 saturated carbocycles. The Kier molecular flexibility index (Phi) is 5.43. The Balaban J connectivity index is 1.61. The molecular formula is C21H23N5O2. The molecular weight excluding hydrogens is 354 g/mol. The molecule has 1 amide bonds. The molecule has 0 unspecified atom stereocenters. The molecule has 28 heavy (non-hydrogen) atoms. The molecule has 7 heteroatoms. The zero-order valence-corrected chi connectivity index (χ0v) is 15.9. The van der Waals surface area contributed by atoms with E-state index in [2.05, 4.69) is 33.3 Å². The second-order valence-electron chi connectivity index (χ2n) is 6.95. The van der Waals surface area contributed by atoms with Gasteiger partial charge in [-0.3, -0.25) is 14.5 Å². The number of aromatic nitrogens is 4. The molecule has 144 valence electrons. The van der Waals surface area contributed by atoms with Crippen LogP contribution in [-0.4, -0.2) is 49.8 Å². The summed E-state index contributed by atoms with van der Waals surface area (Å²) in [7, 11) is 1.76. The van der Waals surface area contributed by atoms with Gasteiger partial charge < -0.3 is 9.64 Å². The van der Waals surface area contributed by atoms with E-state index in [0.717, 1.165) is 29.5 Å². The minimum atomic E-state index is -0.137. The van der Waals surface area contributed by atoms with Crippen molar-refractivity contribution in [2.24, 2.45) is 7.05 Å². The highest BCUT2D eigenvalue weighted by Gasteiger charge is 2.29. The molecule has 0 bridgehead atoms. The van der Waals surface area contributed by atoms with Gasteiger partial charge in [-0.25, -0.2) is 4.98 Å². The maximum absolute atomic E-state index is 13.2. The Labute approximate surface area is 164 Å². The Hall–Kier alpha value is -3.06. The quantitative estimate of drug-likeness (QED) is 0.684. The van der Waals surface area contributed by atoms with Crippen LogP contribution < -0.4 is 0 Å². The minimum Gasteiger partial charge on any atom is -0.381 e. The number of nitrogens with zero attached hydrogens (tertiary/aromatic N) is 5. The SMILES string of the molecule is Cn1cnc(C(=O)N(Cc2cccc(-c3ccncc3)c2)C2CCOCC2)n1. The van der Waals surface area contributed by atoms with Gasteiger partial charge in [-0.15, -0.1) is 5.10 Å². The summed E-state index contributed by atoms with van der Waals surface area (Å²) < 4.78 is 7.04.